The maximum absolute atomic E-state index is 4.60. The van der Waals surface area contributed by atoms with Crippen LogP contribution >= 0.6 is 0 Å². The van der Waals surface area contributed by atoms with Crippen molar-refractivity contribution in [3.05, 3.63) is 23.8 Å². The van der Waals surface area contributed by atoms with Gasteiger partial charge in [0.1, 0.15) is 0 Å². The lowest BCUT2D eigenvalue weighted by atomic mass is 10.1. The summed E-state index contributed by atoms with van der Waals surface area (Å²) in [5.41, 5.74) is 2.11. The molecule has 102 valence electrons. The third kappa shape index (κ3) is 10.9. The zero-order chi connectivity index (χ0) is 15.0. The summed E-state index contributed by atoms with van der Waals surface area (Å²) in [5.74, 6) is 3.08. The summed E-state index contributed by atoms with van der Waals surface area (Å²) < 4.78 is 0. The molecule has 2 nitrogen and oxygen atoms in total. The third-order valence-electron chi connectivity index (χ3n) is 1.57. The molecule has 1 rings (SSSR count). The van der Waals surface area contributed by atoms with Crippen molar-refractivity contribution >= 4 is 11.5 Å². The van der Waals surface area contributed by atoms with E-state index in [2.05, 4.69) is 22.3 Å². The van der Waals surface area contributed by atoms with E-state index in [9.17, 15) is 0 Å². The molecule has 0 fully saturated rings. The first-order chi connectivity index (χ1) is 8.69. The fraction of sp³-hybridized carbons (Fsp3) is 0.500. The number of amidine groups is 1. The number of terminal acetylenes is 1. The molecule has 0 bridgehead atoms. The largest absolute Gasteiger partial charge is 0.270 e. The molecule has 0 amide bonds. The smallest absolute Gasteiger partial charge is 0.154 e. The Morgan fingerprint density at radius 1 is 1.22 bits per heavy atom. The molecular weight excluding hydrogens is 220 g/mol. The van der Waals surface area contributed by atoms with Crippen LogP contribution in [0.1, 0.15) is 48.5 Å². The number of rotatable bonds is 0. The molecule has 1 heterocycles. The number of hydrogen-bond donors (Lipinski definition) is 0. The minimum Gasteiger partial charge on any atom is -0.270 e. The average molecular weight is 248 g/mol. The van der Waals surface area contributed by atoms with E-state index in [1.54, 1.807) is 14.0 Å². The van der Waals surface area contributed by atoms with E-state index in [0.717, 1.165) is 17.1 Å². The summed E-state index contributed by atoms with van der Waals surface area (Å²) in [7, 11) is 1.76. The molecule has 0 radical (unpaired) electrons. The van der Waals surface area contributed by atoms with Gasteiger partial charge < -0.3 is 0 Å². The van der Waals surface area contributed by atoms with E-state index in [0.29, 0.717) is 0 Å². The van der Waals surface area contributed by atoms with Gasteiger partial charge in [0.2, 0.25) is 0 Å². The van der Waals surface area contributed by atoms with Gasteiger partial charge in [-0.25, -0.2) is 4.99 Å². The van der Waals surface area contributed by atoms with Gasteiger partial charge in [-0.15, -0.1) is 12.3 Å². The molecular formula is C16H28N2. The Labute approximate surface area is 114 Å². The van der Waals surface area contributed by atoms with Crippen molar-refractivity contribution in [2.75, 3.05) is 7.05 Å². The fourth-order valence-corrected chi connectivity index (χ4v) is 0.958. The predicted molar refractivity (Wildman–Crippen MR) is 86.6 cm³/mol. The maximum atomic E-state index is 4.60. The Kier molecular flexibility index (Phi) is 21.4. The van der Waals surface area contributed by atoms with Crippen LogP contribution in [0, 0.1) is 12.3 Å². The summed E-state index contributed by atoms with van der Waals surface area (Å²) in [4.78, 5) is 8.32. The highest BCUT2D eigenvalue weighted by molar-refractivity contribution is 6.14. The van der Waals surface area contributed by atoms with E-state index in [-0.39, 0.29) is 0 Å². The monoisotopic (exact) mass is 248 g/mol. The van der Waals surface area contributed by atoms with Gasteiger partial charge in [-0.05, 0) is 32.9 Å². The van der Waals surface area contributed by atoms with E-state index in [4.69, 9.17) is 0 Å². The average Bonchev–Trinajstić information content (AvgIpc) is 2.44. The summed E-state index contributed by atoms with van der Waals surface area (Å²) in [6.45, 7) is 13.6. The van der Waals surface area contributed by atoms with Gasteiger partial charge in [0, 0.05) is 18.3 Å². The Balaban J connectivity index is -0.000000274. The Bertz CT molecular complexity index is 337. The Morgan fingerprint density at radius 3 is 2.00 bits per heavy atom. The lowest BCUT2D eigenvalue weighted by Crippen LogP contribution is -2.05. The molecule has 0 unspecified atom stereocenters. The van der Waals surface area contributed by atoms with Crippen molar-refractivity contribution in [3.63, 3.8) is 0 Å². The SMILES string of the molecule is C#CC.C/C=C1/C=CC(C)=NC1=NC.CC.CC. The highest BCUT2D eigenvalue weighted by atomic mass is 14.9. The fourth-order valence-electron chi connectivity index (χ4n) is 0.958. The van der Waals surface area contributed by atoms with E-state index in [1.165, 1.54) is 0 Å². The molecule has 0 saturated carbocycles. The maximum Gasteiger partial charge on any atom is 0.154 e. The topological polar surface area (TPSA) is 24.7 Å². The van der Waals surface area contributed by atoms with Gasteiger partial charge in [-0.3, -0.25) is 4.99 Å². The van der Waals surface area contributed by atoms with Crippen LogP contribution in [0.2, 0.25) is 0 Å². The lowest BCUT2D eigenvalue weighted by molar-refractivity contribution is 1.37. The minimum atomic E-state index is 0.826. The van der Waals surface area contributed by atoms with E-state index < -0.39 is 0 Å². The zero-order valence-corrected chi connectivity index (χ0v) is 13.2. The van der Waals surface area contributed by atoms with Crippen molar-refractivity contribution in [1.29, 1.82) is 0 Å². The first-order valence-electron chi connectivity index (χ1n) is 6.43. The normalized spacial score (nSPS) is 16.1. The molecule has 0 atom stereocenters. The van der Waals surface area contributed by atoms with Crippen LogP contribution in [-0.4, -0.2) is 18.6 Å². The third-order valence-corrected chi connectivity index (χ3v) is 1.57. The quantitative estimate of drug-likeness (QED) is 0.556. The molecule has 2 heteroatoms. The molecule has 0 aromatic rings. The molecule has 0 aromatic carbocycles. The lowest BCUT2D eigenvalue weighted by Gasteiger charge is -2.06. The standard InChI is InChI=1S/C9H12N2.C3H4.2C2H6/c1-4-8-6-5-7(2)11-9(8)10-3;1-3-2;2*1-2/h4-6H,1-3H3;1H,2H3;2*1-2H3/b8-4-,10-9?;;;. The second kappa shape index (κ2) is 17.8. The number of nitrogens with zero attached hydrogens (tertiary/aromatic N) is 2. The van der Waals surface area contributed by atoms with Crippen molar-refractivity contribution in [2.45, 2.75) is 48.5 Å². The van der Waals surface area contributed by atoms with Crippen molar-refractivity contribution in [2.24, 2.45) is 9.98 Å². The number of hydrogen-bond acceptors (Lipinski definition) is 1. The van der Waals surface area contributed by atoms with E-state index in [1.807, 2.05) is 59.8 Å². The van der Waals surface area contributed by atoms with Crippen molar-refractivity contribution in [1.82, 2.24) is 0 Å². The van der Waals surface area contributed by atoms with Gasteiger partial charge >= 0.3 is 0 Å². The molecule has 0 aromatic heterocycles. The number of allylic oxidation sites excluding steroid dienone is 2. The van der Waals surface area contributed by atoms with Crippen LogP contribution in [-0.2, 0) is 0 Å². The van der Waals surface area contributed by atoms with Crippen LogP contribution in [0.15, 0.2) is 33.8 Å². The molecule has 18 heavy (non-hydrogen) atoms. The molecule has 0 aliphatic carbocycles. The number of dihydropyridines is 1. The van der Waals surface area contributed by atoms with Gasteiger partial charge in [-0.2, -0.15) is 0 Å². The molecule has 0 spiro atoms. The van der Waals surface area contributed by atoms with Crippen LogP contribution in [0.3, 0.4) is 0 Å². The van der Waals surface area contributed by atoms with Crippen LogP contribution in [0.4, 0.5) is 0 Å². The summed E-state index contributed by atoms with van der Waals surface area (Å²) in [5, 5.41) is 0. The highest BCUT2D eigenvalue weighted by Gasteiger charge is 2.04. The second-order valence-electron chi connectivity index (χ2n) is 2.67. The van der Waals surface area contributed by atoms with Crippen LogP contribution in [0.25, 0.3) is 0 Å². The highest BCUT2D eigenvalue weighted by Crippen LogP contribution is 2.07. The molecule has 1 aliphatic rings. The van der Waals surface area contributed by atoms with Crippen LogP contribution < -0.4 is 0 Å². The van der Waals surface area contributed by atoms with Gasteiger partial charge in [-0.1, -0.05) is 33.8 Å². The Morgan fingerprint density at radius 2 is 1.67 bits per heavy atom. The molecule has 0 saturated heterocycles. The first-order valence-corrected chi connectivity index (χ1v) is 6.43. The summed E-state index contributed by atoms with van der Waals surface area (Å²) in [6.07, 6.45) is 10.6. The van der Waals surface area contributed by atoms with Gasteiger partial charge in [0.15, 0.2) is 5.84 Å². The molecule has 1 aliphatic heterocycles. The van der Waals surface area contributed by atoms with Gasteiger partial charge in [0.05, 0.1) is 0 Å². The van der Waals surface area contributed by atoms with Crippen molar-refractivity contribution < 1.29 is 0 Å². The number of aliphatic imine (C=N–C) groups is 2. The minimum absolute atomic E-state index is 0.826. The summed E-state index contributed by atoms with van der Waals surface area (Å²) >= 11 is 0. The first kappa shape index (κ1) is 21.6. The van der Waals surface area contributed by atoms with Gasteiger partial charge in [0.25, 0.3) is 0 Å². The van der Waals surface area contributed by atoms with Crippen LogP contribution in [0.5, 0.6) is 0 Å². The summed E-state index contributed by atoms with van der Waals surface area (Å²) in [6, 6.07) is 0. The zero-order valence-electron chi connectivity index (χ0n) is 13.2. The second-order valence-corrected chi connectivity index (χ2v) is 2.67. The Hall–Kier alpha value is -1.62. The predicted octanol–water partition coefficient (Wildman–Crippen LogP) is 4.68. The van der Waals surface area contributed by atoms with E-state index >= 15 is 0 Å². The van der Waals surface area contributed by atoms with Crippen molar-refractivity contribution in [3.8, 4) is 12.3 Å². The molecule has 0 N–H and O–H groups in total.